The van der Waals surface area contributed by atoms with Crippen LogP contribution in [0.25, 0.3) is 0 Å². The van der Waals surface area contributed by atoms with Gasteiger partial charge in [-0.05, 0) is 62.4 Å². The van der Waals surface area contributed by atoms with Crippen molar-refractivity contribution in [3.05, 3.63) is 29.8 Å². The molecule has 0 unspecified atom stereocenters. The van der Waals surface area contributed by atoms with Gasteiger partial charge in [0.05, 0.1) is 5.56 Å². The molecule has 1 aromatic carbocycles. The van der Waals surface area contributed by atoms with Crippen molar-refractivity contribution in [2.75, 3.05) is 31.5 Å². The lowest BCUT2D eigenvalue weighted by Crippen LogP contribution is -2.35. The Morgan fingerprint density at radius 1 is 1.14 bits per heavy atom. The van der Waals surface area contributed by atoms with E-state index in [0.717, 1.165) is 38.3 Å². The van der Waals surface area contributed by atoms with Crippen LogP contribution in [0.15, 0.2) is 24.3 Å². The summed E-state index contributed by atoms with van der Waals surface area (Å²) in [6.45, 7) is 3.91. The summed E-state index contributed by atoms with van der Waals surface area (Å²) in [5.74, 6) is 0. The molecule has 1 aliphatic heterocycles. The topological polar surface area (TPSA) is 27.3 Å². The lowest BCUT2D eigenvalue weighted by molar-refractivity contribution is -0.137. The maximum Gasteiger partial charge on any atom is 0.416 e. The van der Waals surface area contributed by atoms with Gasteiger partial charge in [0.1, 0.15) is 0 Å². The molecule has 21 heavy (non-hydrogen) atoms. The molecule has 0 atom stereocenters. The van der Waals surface area contributed by atoms with E-state index in [4.69, 9.17) is 12.2 Å². The molecule has 0 aromatic heterocycles. The molecule has 0 saturated carbocycles. The number of nitrogens with one attached hydrogen (secondary N) is 2. The summed E-state index contributed by atoms with van der Waals surface area (Å²) in [6, 6.07) is 4.82. The van der Waals surface area contributed by atoms with Crippen LogP contribution >= 0.6 is 12.2 Å². The Hall–Kier alpha value is -1.34. The highest BCUT2D eigenvalue weighted by Crippen LogP contribution is 2.29. The summed E-state index contributed by atoms with van der Waals surface area (Å²) in [6.07, 6.45) is -1.82. The molecule has 116 valence electrons. The van der Waals surface area contributed by atoms with Crippen LogP contribution in [0, 0.1) is 0 Å². The normalized spacial score (nSPS) is 16.0. The molecule has 1 heterocycles. The number of alkyl halides is 3. The Bertz CT molecular complexity index is 467. The van der Waals surface area contributed by atoms with E-state index in [9.17, 15) is 13.2 Å². The minimum atomic E-state index is -4.31. The molecule has 0 amide bonds. The number of likely N-dealkylation sites (tertiary alicyclic amines) is 1. The number of anilines is 1. The zero-order chi connectivity index (χ0) is 15.3. The summed E-state index contributed by atoms with van der Waals surface area (Å²) >= 11 is 5.12. The molecule has 1 fully saturated rings. The average molecular weight is 317 g/mol. The summed E-state index contributed by atoms with van der Waals surface area (Å²) in [7, 11) is 0. The molecule has 2 rings (SSSR count). The first-order valence-electron chi connectivity index (χ1n) is 6.89. The van der Waals surface area contributed by atoms with E-state index in [-0.39, 0.29) is 0 Å². The highest BCUT2D eigenvalue weighted by atomic mass is 32.1. The first kappa shape index (κ1) is 16.0. The number of thiocarbonyl (C=S) groups is 1. The van der Waals surface area contributed by atoms with Gasteiger partial charge in [0, 0.05) is 18.8 Å². The van der Waals surface area contributed by atoms with Gasteiger partial charge in [-0.2, -0.15) is 13.2 Å². The van der Waals surface area contributed by atoms with Crippen molar-refractivity contribution in [3.63, 3.8) is 0 Å². The predicted octanol–water partition coefficient (Wildman–Crippen LogP) is 3.09. The molecule has 0 bridgehead atoms. The monoisotopic (exact) mass is 317 g/mol. The third-order valence-electron chi connectivity index (χ3n) is 3.38. The molecule has 2 N–H and O–H groups in total. The van der Waals surface area contributed by atoms with Crippen molar-refractivity contribution in [3.8, 4) is 0 Å². The van der Waals surface area contributed by atoms with Crippen LogP contribution in [0.3, 0.4) is 0 Å². The number of hydrogen-bond acceptors (Lipinski definition) is 2. The molecule has 7 heteroatoms. The Morgan fingerprint density at radius 2 is 1.76 bits per heavy atom. The van der Waals surface area contributed by atoms with Gasteiger partial charge >= 0.3 is 6.18 Å². The minimum Gasteiger partial charge on any atom is -0.361 e. The smallest absolute Gasteiger partial charge is 0.361 e. The quantitative estimate of drug-likeness (QED) is 0.835. The van der Waals surface area contributed by atoms with Gasteiger partial charge in [-0.15, -0.1) is 0 Å². The average Bonchev–Trinajstić information content (AvgIpc) is 2.91. The van der Waals surface area contributed by atoms with Crippen molar-refractivity contribution in [1.82, 2.24) is 10.2 Å². The van der Waals surface area contributed by atoms with Crippen LogP contribution in [0.4, 0.5) is 18.9 Å². The number of hydrogen-bond donors (Lipinski definition) is 2. The summed E-state index contributed by atoms with van der Waals surface area (Å²) in [5.41, 5.74) is -0.123. The molecule has 1 aliphatic rings. The zero-order valence-electron chi connectivity index (χ0n) is 11.5. The highest BCUT2D eigenvalue weighted by molar-refractivity contribution is 7.80. The van der Waals surface area contributed by atoms with Gasteiger partial charge in [0.25, 0.3) is 0 Å². The summed E-state index contributed by atoms with van der Waals surface area (Å²) in [4.78, 5) is 2.35. The van der Waals surface area contributed by atoms with Gasteiger partial charge in [-0.3, -0.25) is 0 Å². The second kappa shape index (κ2) is 7.09. The van der Waals surface area contributed by atoms with E-state index in [0.29, 0.717) is 10.8 Å². The van der Waals surface area contributed by atoms with E-state index in [1.54, 1.807) is 0 Å². The summed E-state index contributed by atoms with van der Waals surface area (Å²) < 4.78 is 37.3. The van der Waals surface area contributed by atoms with Crippen molar-refractivity contribution in [2.45, 2.75) is 19.0 Å². The maximum atomic E-state index is 12.4. The van der Waals surface area contributed by atoms with Crippen molar-refractivity contribution in [1.29, 1.82) is 0 Å². The first-order chi connectivity index (χ1) is 9.95. The predicted molar refractivity (Wildman–Crippen MR) is 81.3 cm³/mol. The highest BCUT2D eigenvalue weighted by Gasteiger charge is 2.29. The van der Waals surface area contributed by atoms with Gasteiger partial charge < -0.3 is 15.5 Å². The van der Waals surface area contributed by atoms with Crippen LogP contribution < -0.4 is 10.6 Å². The van der Waals surface area contributed by atoms with E-state index in [1.165, 1.54) is 25.0 Å². The second-order valence-corrected chi connectivity index (χ2v) is 5.41. The van der Waals surface area contributed by atoms with E-state index >= 15 is 0 Å². The number of halogens is 3. The summed E-state index contributed by atoms with van der Waals surface area (Å²) in [5, 5.41) is 6.36. The molecular formula is C14H18F3N3S. The third kappa shape index (κ3) is 5.17. The van der Waals surface area contributed by atoms with E-state index in [2.05, 4.69) is 15.5 Å². The number of nitrogens with zero attached hydrogens (tertiary/aromatic N) is 1. The Kier molecular flexibility index (Phi) is 5.41. The lowest BCUT2D eigenvalue weighted by atomic mass is 10.2. The Labute approximate surface area is 127 Å². The van der Waals surface area contributed by atoms with Gasteiger partial charge in [-0.1, -0.05) is 0 Å². The van der Waals surface area contributed by atoms with Crippen molar-refractivity contribution in [2.24, 2.45) is 0 Å². The molecule has 1 aromatic rings. The fourth-order valence-electron chi connectivity index (χ4n) is 2.25. The molecule has 0 aliphatic carbocycles. The molecular weight excluding hydrogens is 299 g/mol. The lowest BCUT2D eigenvalue weighted by Gasteiger charge is -2.16. The molecule has 0 spiro atoms. The van der Waals surface area contributed by atoms with Crippen LogP contribution in [0.1, 0.15) is 18.4 Å². The molecule has 1 saturated heterocycles. The fourth-order valence-corrected chi connectivity index (χ4v) is 2.47. The van der Waals surface area contributed by atoms with Gasteiger partial charge in [0.2, 0.25) is 0 Å². The van der Waals surface area contributed by atoms with Gasteiger partial charge in [0.15, 0.2) is 5.11 Å². The van der Waals surface area contributed by atoms with Gasteiger partial charge in [-0.25, -0.2) is 0 Å². The van der Waals surface area contributed by atoms with Crippen LogP contribution in [0.2, 0.25) is 0 Å². The Morgan fingerprint density at radius 3 is 2.33 bits per heavy atom. The third-order valence-corrected chi connectivity index (χ3v) is 3.63. The second-order valence-electron chi connectivity index (χ2n) is 5.00. The largest absolute Gasteiger partial charge is 0.416 e. The first-order valence-corrected chi connectivity index (χ1v) is 7.30. The molecule has 0 radical (unpaired) electrons. The zero-order valence-corrected chi connectivity index (χ0v) is 12.4. The molecule has 3 nitrogen and oxygen atoms in total. The maximum absolute atomic E-state index is 12.4. The minimum absolute atomic E-state index is 0.425. The van der Waals surface area contributed by atoms with Crippen LogP contribution in [-0.2, 0) is 6.18 Å². The number of rotatable bonds is 4. The van der Waals surface area contributed by atoms with Crippen LogP contribution in [-0.4, -0.2) is 36.2 Å². The standard InChI is InChI=1S/C14H18F3N3S/c15-14(16,17)11-3-5-12(6-4-11)19-13(21)18-7-10-20-8-1-2-9-20/h3-6H,1-2,7-10H2,(H2,18,19,21). The number of benzene rings is 1. The fraction of sp³-hybridized carbons (Fsp3) is 0.500. The van der Waals surface area contributed by atoms with E-state index < -0.39 is 11.7 Å². The van der Waals surface area contributed by atoms with Crippen LogP contribution in [0.5, 0.6) is 0 Å². The van der Waals surface area contributed by atoms with Crippen molar-refractivity contribution < 1.29 is 13.2 Å². The Balaban J connectivity index is 1.74. The van der Waals surface area contributed by atoms with E-state index in [1.807, 2.05) is 0 Å². The SMILES string of the molecule is FC(F)(F)c1ccc(NC(=S)NCCN2CCCC2)cc1. The van der Waals surface area contributed by atoms with Crippen molar-refractivity contribution >= 4 is 23.0 Å².